The van der Waals surface area contributed by atoms with Crippen LogP contribution in [-0.2, 0) is 27.5 Å². The molecule has 2 aromatic carbocycles. The molecule has 1 N–H and O–H groups in total. The Morgan fingerprint density at radius 2 is 1.83 bits per heavy atom. The van der Waals surface area contributed by atoms with Gasteiger partial charge in [0.2, 0.25) is 5.91 Å². The van der Waals surface area contributed by atoms with Crippen molar-refractivity contribution in [3.05, 3.63) is 87.8 Å². The lowest BCUT2D eigenvalue weighted by molar-refractivity contribution is -0.141. The van der Waals surface area contributed by atoms with Gasteiger partial charge in [-0.3, -0.25) is 4.79 Å². The molecule has 3 rings (SSSR count). The summed E-state index contributed by atoms with van der Waals surface area (Å²) in [6, 6.07) is 14.8. The Hall–Kier alpha value is -3.52. The van der Waals surface area contributed by atoms with Crippen LogP contribution in [0.3, 0.4) is 0 Å². The van der Waals surface area contributed by atoms with Crippen LogP contribution in [0.5, 0.6) is 5.75 Å². The van der Waals surface area contributed by atoms with Gasteiger partial charge < -0.3 is 14.8 Å². The molecular weight excluding hydrogens is 407 g/mol. The number of benzene rings is 2. The zero-order chi connectivity index (χ0) is 21.3. The molecule has 6 nitrogen and oxygen atoms in total. The summed E-state index contributed by atoms with van der Waals surface area (Å²) in [5.74, 6) is -0.833. The van der Waals surface area contributed by atoms with E-state index in [0.29, 0.717) is 16.5 Å². The van der Waals surface area contributed by atoms with Gasteiger partial charge in [-0.15, -0.1) is 11.3 Å². The SMILES string of the molecule is CC(=O)N/C(=C\c1ccccc1)C(=O)OCc1csc(COc2ccc(F)cc2)n1. The molecule has 3 aromatic rings. The number of thiazole rings is 1. The van der Waals surface area contributed by atoms with E-state index in [4.69, 9.17) is 9.47 Å². The molecule has 0 aliphatic heterocycles. The van der Waals surface area contributed by atoms with E-state index in [9.17, 15) is 14.0 Å². The maximum atomic E-state index is 12.9. The van der Waals surface area contributed by atoms with Crippen molar-refractivity contribution in [3.8, 4) is 5.75 Å². The highest BCUT2D eigenvalue weighted by Gasteiger charge is 2.14. The lowest BCUT2D eigenvalue weighted by Gasteiger charge is -2.08. The van der Waals surface area contributed by atoms with E-state index in [1.165, 1.54) is 42.5 Å². The quantitative estimate of drug-likeness (QED) is 0.434. The Labute approximate surface area is 177 Å². The Kier molecular flexibility index (Phi) is 7.29. The number of carbonyl (C=O) groups excluding carboxylic acids is 2. The minimum atomic E-state index is -0.661. The van der Waals surface area contributed by atoms with Gasteiger partial charge in [0.25, 0.3) is 0 Å². The third kappa shape index (κ3) is 6.52. The van der Waals surface area contributed by atoms with Crippen LogP contribution >= 0.6 is 11.3 Å². The van der Waals surface area contributed by atoms with E-state index in [-0.39, 0.29) is 30.6 Å². The van der Waals surface area contributed by atoms with Gasteiger partial charge in [0.05, 0.1) is 5.69 Å². The van der Waals surface area contributed by atoms with Gasteiger partial charge in [-0.2, -0.15) is 0 Å². The molecule has 154 valence electrons. The highest BCUT2D eigenvalue weighted by atomic mass is 32.1. The second-order valence-electron chi connectivity index (χ2n) is 6.20. The molecule has 8 heteroatoms. The number of ether oxygens (including phenoxy) is 2. The summed E-state index contributed by atoms with van der Waals surface area (Å²) in [5.41, 5.74) is 1.36. The average Bonchev–Trinajstić information content (AvgIpc) is 3.19. The largest absolute Gasteiger partial charge is 0.486 e. The fourth-order valence-electron chi connectivity index (χ4n) is 2.43. The molecule has 0 saturated carbocycles. The van der Waals surface area contributed by atoms with Crippen molar-refractivity contribution in [3.63, 3.8) is 0 Å². The second kappa shape index (κ2) is 10.3. The molecule has 0 atom stereocenters. The van der Waals surface area contributed by atoms with Gasteiger partial charge in [0.15, 0.2) is 0 Å². The molecule has 1 heterocycles. The third-order valence-electron chi connectivity index (χ3n) is 3.77. The number of amides is 1. The molecule has 0 spiro atoms. The summed E-state index contributed by atoms with van der Waals surface area (Å²) < 4.78 is 23.8. The summed E-state index contributed by atoms with van der Waals surface area (Å²) in [5, 5.41) is 4.94. The number of hydrogen-bond acceptors (Lipinski definition) is 6. The van der Waals surface area contributed by atoms with Crippen LogP contribution in [0.1, 0.15) is 23.2 Å². The first-order valence-corrected chi connectivity index (χ1v) is 9.90. The monoisotopic (exact) mass is 426 g/mol. The summed E-state index contributed by atoms with van der Waals surface area (Å²) in [4.78, 5) is 28.2. The molecule has 1 amide bonds. The summed E-state index contributed by atoms with van der Waals surface area (Å²) in [7, 11) is 0. The number of hydrogen-bond donors (Lipinski definition) is 1. The zero-order valence-corrected chi connectivity index (χ0v) is 16.9. The van der Waals surface area contributed by atoms with Crippen molar-refractivity contribution in [1.29, 1.82) is 0 Å². The Morgan fingerprint density at radius 3 is 2.53 bits per heavy atom. The van der Waals surface area contributed by atoms with E-state index >= 15 is 0 Å². The van der Waals surface area contributed by atoms with E-state index in [0.717, 1.165) is 5.56 Å². The molecule has 0 saturated heterocycles. The van der Waals surface area contributed by atoms with Crippen molar-refractivity contribution in [2.45, 2.75) is 20.1 Å². The number of nitrogens with one attached hydrogen (secondary N) is 1. The number of halogens is 1. The predicted molar refractivity (Wildman–Crippen MR) is 111 cm³/mol. The van der Waals surface area contributed by atoms with Crippen LogP contribution in [0.15, 0.2) is 65.7 Å². The molecule has 0 aliphatic rings. The molecule has 0 fully saturated rings. The number of aromatic nitrogens is 1. The smallest absolute Gasteiger partial charge is 0.355 e. The fourth-order valence-corrected chi connectivity index (χ4v) is 3.12. The van der Waals surface area contributed by atoms with Crippen LogP contribution in [0.4, 0.5) is 4.39 Å². The van der Waals surface area contributed by atoms with Crippen molar-refractivity contribution in [1.82, 2.24) is 10.3 Å². The Balaban J connectivity index is 1.57. The predicted octanol–water partition coefficient (Wildman–Crippen LogP) is 4.08. The fraction of sp³-hybridized carbons (Fsp3) is 0.136. The van der Waals surface area contributed by atoms with E-state index < -0.39 is 5.97 Å². The molecule has 1 aromatic heterocycles. The molecular formula is C22H19FN2O4S. The van der Waals surface area contributed by atoms with E-state index in [1.54, 1.807) is 11.5 Å². The third-order valence-corrected chi connectivity index (χ3v) is 4.64. The number of rotatable bonds is 8. The van der Waals surface area contributed by atoms with E-state index in [1.807, 2.05) is 30.3 Å². The van der Waals surface area contributed by atoms with Crippen molar-refractivity contribution < 1.29 is 23.5 Å². The zero-order valence-electron chi connectivity index (χ0n) is 16.1. The second-order valence-corrected chi connectivity index (χ2v) is 7.14. The highest BCUT2D eigenvalue weighted by molar-refractivity contribution is 7.09. The first-order valence-electron chi connectivity index (χ1n) is 9.03. The van der Waals surface area contributed by atoms with Gasteiger partial charge >= 0.3 is 5.97 Å². The summed E-state index contributed by atoms with van der Waals surface area (Å²) in [6.45, 7) is 1.49. The molecule has 0 unspecified atom stereocenters. The summed E-state index contributed by atoms with van der Waals surface area (Å²) in [6.07, 6.45) is 1.55. The summed E-state index contributed by atoms with van der Waals surface area (Å²) >= 11 is 1.36. The lowest BCUT2D eigenvalue weighted by atomic mass is 10.2. The minimum absolute atomic E-state index is 0.0441. The maximum absolute atomic E-state index is 12.9. The normalized spacial score (nSPS) is 11.1. The number of nitrogens with zero attached hydrogens (tertiary/aromatic N) is 1. The Bertz CT molecular complexity index is 1030. The molecule has 0 radical (unpaired) electrons. The van der Waals surface area contributed by atoms with E-state index in [2.05, 4.69) is 10.3 Å². The van der Waals surface area contributed by atoms with Crippen LogP contribution in [0.2, 0.25) is 0 Å². The van der Waals surface area contributed by atoms with Gasteiger partial charge in [-0.1, -0.05) is 30.3 Å². The van der Waals surface area contributed by atoms with Crippen LogP contribution in [0.25, 0.3) is 6.08 Å². The highest BCUT2D eigenvalue weighted by Crippen LogP contribution is 2.17. The van der Waals surface area contributed by atoms with Gasteiger partial charge in [-0.25, -0.2) is 14.2 Å². The minimum Gasteiger partial charge on any atom is -0.486 e. The first-order chi connectivity index (χ1) is 14.5. The van der Waals surface area contributed by atoms with Crippen LogP contribution < -0.4 is 10.1 Å². The number of carbonyl (C=O) groups is 2. The van der Waals surface area contributed by atoms with Crippen LogP contribution in [-0.4, -0.2) is 16.9 Å². The van der Waals surface area contributed by atoms with Crippen molar-refractivity contribution >= 4 is 29.3 Å². The first kappa shape index (κ1) is 21.2. The topological polar surface area (TPSA) is 77.5 Å². The van der Waals surface area contributed by atoms with Gasteiger partial charge in [-0.05, 0) is 35.9 Å². The Morgan fingerprint density at radius 1 is 1.10 bits per heavy atom. The van der Waals surface area contributed by atoms with Gasteiger partial charge in [0, 0.05) is 12.3 Å². The van der Waals surface area contributed by atoms with Gasteiger partial charge in [0.1, 0.15) is 35.5 Å². The maximum Gasteiger partial charge on any atom is 0.355 e. The number of esters is 1. The molecule has 0 bridgehead atoms. The van der Waals surface area contributed by atoms with Crippen molar-refractivity contribution in [2.75, 3.05) is 0 Å². The molecule has 30 heavy (non-hydrogen) atoms. The molecule has 0 aliphatic carbocycles. The van der Waals surface area contributed by atoms with Crippen LogP contribution in [0, 0.1) is 5.82 Å². The average molecular weight is 426 g/mol. The lowest BCUT2D eigenvalue weighted by Crippen LogP contribution is -2.26. The van der Waals surface area contributed by atoms with Crippen molar-refractivity contribution in [2.24, 2.45) is 0 Å². The standard InChI is InChI=1S/C22H19FN2O4S/c1-15(26)24-20(11-16-5-3-2-4-6-16)22(27)29-12-18-14-30-21(25-18)13-28-19-9-7-17(23)8-10-19/h2-11,14H,12-13H2,1H3,(H,24,26)/b20-11-.